The molecule has 0 atom stereocenters. The number of hydrogen-bond donors (Lipinski definition) is 1. The number of pyridine rings is 2. The third-order valence-corrected chi connectivity index (χ3v) is 7.19. The van der Waals surface area contributed by atoms with Crippen LogP contribution < -0.4 is 10.5 Å². The molecule has 1 amide bonds. The first kappa shape index (κ1) is 20.2. The van der Waals surface area contributed by atoms with E-state index in [2.05, 4.69) is 9.97 Å². The van der Waals surface area contributed by atoms with Crippen molar-refractivity contribution < 1.29 is 17.9 Å². The molecule has 3 aromatic rings. The maximum Gasteiger partial charge on any atom is 0.267 e. The molecule has 1 saturated heterocycles. The van der Waals surface area contributed by atoms with Crippen molar-refractivity contribution in [2.24, 2.45) is 11.7 Å². The number of nitrogens with two attached hydrogens (primary N) is 1. The number of hydrogen-bond acceptors (Lipinski definition) is 6. The fraction of sp³-hybridized carbons (Fsp3) is 0.286. The molecule has 1 aliphatic rings. The molecule has 9 heteroatoms. The van der Waals surface area contributed by atoms with Crippen molar-refractivity contribution in [3.05, 3.63) is 60.6 Å². The summed E-state index contributed by atoms with van der Waals surface area (Å²) in [5.74, 6) is 0.129. The summed E-state index contributed by atoms with van der Waals surface area (Å²) in [4.78, 5) is 19.6. The van der Waals surface area contributed by atoms with E-state index in [4.69, 9.17) is 10.5 Å². The molecule has 2 aromatic heterocycles. The second-order valence-electron chi connectivity index (χ2n) is 7.23. The second-order valence-corrected chi connectivity index (χ2v) is 9.14. The van der Waals surface area contributed by atoms with E-state index in [9.17, 15) is 13.2 Å². The van der Waals surface area contributed by atoms with E-state index in [0.717, 1.165) is 5.39 Å². The van der Waals surface area contributed by atoms with E-state index < -0.39 is 15.9 Å². The molecule has 30 heavy (non-hydrogen) atoms. The number of rotatable bonds is 6. The molecule has 0 bridgehead atoms. The number of nitrogens with zero attached hydrogens (tertiary/aromatic N) is 3. The Balaban J connectivity index is 1.40. The lowest BCUT2D eigenvalue weighted by atomic mass is 9.99. The smallest absolute Gasteiger partial charge is 0.267 e. The highest BCUT2D eigenvalue weighted by molar-refractivity contribution is 7.89. The number of piperidine rings is 1. The SMILES string of the molecule is NC(=O)c1cc(OCC2CCN(S(=O)(=O)c3cccc4cccnc34)CC2)ccn1. The number of aromatic nitrogens is 2. The first-order chi connectivity index (χ1) is 14.4. The standard InChI is InChI=1S/C21H22N4O4S/c22-21(26)18-13-17(6-10-23-18)29-14-15-7-11-25(12-8-15)30(27,28)19-5-1-3-16-4-2-9-24-20(16)19/h1-6,9-10,13,15H,7-8,11-12,14H2,(H2,22,26). The maximum absolute atomic E-state index is 13.2. The number of carbonyl (C=O) groups is 1. The Hall–Kier alpha value is -3.04. The molecule has 0 radical (unpaired) electrons. The summed E-state index contributed by atoms with van der Waals surface area (Å²) in [5, 5.41) is 0.801. The van der Waals surface area contributed by atoms with E-state index >= 15 is 0 Å². The third-order valence-electron chi connectivity index (χ3n) is 5.26. The fourth-order valence-electron chi connectivity index (χ4n) is 3.59. The van der Waals surface area contributed by atoms with Gasteiger partial charge in [0.25, 0.3) is 5.91 Å². The van der Waals surface area contributed by atoms with E-state index in [-0.39, 0.29) is 16.5 Å². The van der Waals surface area contributed by atoms with E-state index in [1.165, 1.54) is 16.6 Å². The van der Waals surface area contributed by atoms with Gasteiger partial charge in [0, 0.05) is 36.9 Å². The number of fused-ring (bicyclic) bond motifs is 1. The lowest BCUT2D eigenvalue weighted by Gasteiger charge is -2.31. The molecule has 0 unspecified atom stereocenters. The van der Waals surface area contributed by atoms with E-state index in [1.807, 2.05) is 12.1 Å². The van der Waals surface area contributed by atoms with Gasteiger partial charge in [0.1, 0.15) is 16.3 Å². The largest absolute Gasteiger partial charge is 0.493 e. The zero-order valence-corrected chi connectivity index (χ0v) is 17.1. The fourth-order valence-corrected chi connectivity index (χ4v) is 5.22. The van der Waals surface area contributed by atoms with Crippen LogP contribution >= 0.6 is 0 Å². The van der Waals surface area contributed by atoms with Crippen LogP contribution in [-0.4, -0.2) is 48.3 Å². The van der Waals surface area contributed by atoms with Gasteiger partial charge in [0.15, 0.2) is 0 Å². The minimum absolute atomic E-state index is 0.150. The normalized spacial score (nSPS) is 15.9. The van der Waals surface area contributed by atoms with Crippen LogP contribution in [0.25, 0.3) is 10.9 Å². The number of ether oxygens (including phenoxy) is 1. The number of carbonyl (C=O) groups excluding carboxylic acids is 1. The van der Waals surface area contributed by atoms with Gasteiger partial charge in [-0.3, -0.25) is 14.8 Å². The van der Waals surface area contributed by atoms with Gasteiger partial charge in [0.05, 0.1) is 12.1 Å². The zero-order chi connectivity index (χ0) is 21.1. The maximum atomic E-state index is 13.2. The zero-order valence-electron chi connectivity index (χ0n) is 16.3. The molecule has 0 spiro atoms. The highest BCUT2D eigenvalue weighted by atomic mass is 32.2. The van der Waals surface area contributed by atoms with E-state index in [1.54, 1.807) is 30.5 Å². The van der Waals surface area contributed by atoms with Crippen molar-refractivity contribution in [2.75, 3.05) is 19.7 Å². The summed E-state index contributed by atoms with van der Waals surface area (Å²) in [6, 6.07) is 12.0. The van der Waals surface area contributed by atoms with Crippen LogP contribution in [0.4, 0.5) is 0 Å². The van der Waals surface area contributed by atoms with Gasteiger partial charge in [0.2, 0.25) is 10.0 Å². The molecular weight excluding hydrogens is 404 g/mol. The summed E-state index contributed by atoms with van der Waals surface area (Å²) in [6.45, 7) is 1.27. The molecular formula is C21H22N4O4S. The van der Waals surface area contributed by atoms with Gasteiger partial charge in [-0.1, -0.05) is 18.2 Å². The average Bonchev–Trinajstić information content (AvgIpc) is 2.77. The summed E-state index contributed by atoms with van der Waals surface area (Å²) >= 11 is 0. The Morgan fingerprint density at radius 2 is 1.87 bits per heavy atom. The molecule has 0 aliphatic carbocycles. The van der Waals surface area contributed by atoms with Gasteiger partial charge in [-0.25, -0.2) is 8.42 Å². The lowest BCUT2D eigenvalue weighted by molar-refractivity contribution is 0.0995. The Labute approximate surface area is 174 Å². The molecule has 1 aromatic carbocycles. The second kappa shape index (κ2) is 8.37. The van der Waals surface area contributed by atoms with Crippen LogP contribution in [0.15, 0.2) is 59.8 Å². The number of benzene rings is 1. The van der Waals surface area contributed by atoms with Crippen LogP contribution in [0.1, 0.15) is 23.3 Å². The van der Waals surface area contributed by atoms with Crippen LogP contribution in [0.3, 0.4) is 0 Å². The number of primary amides is 1. The third kappa shape index (κ3) is 4.12. The van der Waals surface area contributed by atoms with Crippen molar-refractivity contribution in [3.63, 3.8) is 0 Å². The predicted octanol–water partition coefficient (Wildman–Crippen LogP) is 2.21. The Kier molecular flexibility index (Phi) is 5.65. The summed E-state index contributed by atoms with van der Waals surface area (Å²) in [7, 11) is -3.62. The highest BCUT2D eigenvalue weighted by Crippen LogP contribution is 2.28. The topological polar surface area (TPSA) is 115 Å². The molecule has 8 nitrogen and oxygen atoms in total. The quantitative estimate of drug-likeness (QED) is 0.646. The van der Waals surface area contributed by atoms with Gasteiger partial charge >= 0.3 is 0 Å². The molecule has 2 N–H and O–H groups in total. The molecule has 1 aliphatic heterocycles. The van der Waals surface area contributed by atoms with Crippen molar-refractivity contribution in [3.8, 4) is 5.75 Å². The first-order valence-electron chi connectivity index (χ1n) is 9.68. The van der Waals surface area contributed by atoms with Gasteiger partial charge in [-0.2, -0.15) is 4.31 Å². The Morgan fingerprint density at radius 1 is 1.10 bits per heavy atom. The molecule has 1 fully saturated rings. The van der Waals surface area contributed by atoms with Crippen molar-refractivity contribution >= 4 is 26.8 Å². The van der Waals surface area contributed by atoms with Crippen molar-refractivity contribution in [1.29, 1.82) is 0 Å². The minimum atomic E-state index is -3.62. The molecule has 156 valence electrons. The highest BCUT2D eigenvalue weighted by Gasteiger charge is 2.31. The van der Waals surface area contributed by atoms with Crippen molar-refractivity contribution in [1.82, 2.24) is 14.3 Å². The predicted molar refractivity (Wildman–Crippen MR) is 111 cm³/mol. The first-order valence-corrected chi connectivity index (χ1v) is 11.1. The summed E-state index contributed by atoms with van der Waals surface area (Å²) < 4.78 is 33.7. The van der Waals surface area contributed by atoms with Crippen LogP contribution in [0.5, 0.6) is 5.75 Å². The Morgan fingerprint density at radius 3 is 2.63 bits per heavy atom. The molecule has 3 heterocycles. The summed E-state index contributed by atoms with van der Waals surface area (Å²) in [5.41, 5.74) is 5.88. The van der Waals surface area contributed by atoms with Crippen LogP contribution in [-0.2, 0) is 10.0 Å². The number of para-hydroxylation sites is 1. The van der Waals surface area contributed by atoms with Crippen molar-refractivity contribution in [2.45, 2.75) is 17.7 Å². The summed E-state index contributed by atoms with van der Waals surface area (Å²) in [6.07, 6.45) is 4.45. The monoisotopic (exact) mass is 426 g/mol. The lowest BCUT2D eigenvalue weighted by Crippen LogP contribution is -2.39. The van der Waals surface area contributed by atoms with Gasteiger partial charge < -0.3 is 10.5 Å². The van der Waals surface area contributed by atoms with Gasteiger partial charge in [-0.15, -0.1) is 0 Å². The van der Waals surface area contributed by atoms with Crippen LogP contribution in [0.2, 0.25) is 0 Å². The van der Waals surface area contributed by atoms with Gasteiger partial charge in [-0.05, 0) is 37.0 Å². The molecule has 4 rings (SSSR count). The molecule has 0 saturated carbocycles. The average molecular weight is 426 g/mol. The van der Waals surface area contributed by atoms with Crippen LogP contribution in [0, 0.1) is 5.92 Å². The number of amides is 1. The number of sulfonamides is 1. The van der Waals surface area contributed by atoms with E-state index in [0.29, 0.717) is 43.8 Å². The minimum Gasteiger partial charge on any atom is -0.493 e. The Bertz CT molecular complexity index is 1170.